The molecule has 4 atom stereocenters. The number of H-pyrrole nitrogens is 1. The number of rotatable bonds is 15. The molecule has 3 aromatic rings. The monoisotopic (exact) mass is 579 g/mol. The molecule has 2 aromatic carbocycles. The Bertz CT molecular complexity index is 1370. The van der Waals surface area contributed by atoms with E-state index in [1.54, 1.807) is 42.5 Å². The minimum absolute atomic E-state index is 0.0577. The molecule has 3 rings (SSSR count). The molecule has 0 bridgehead atoms. The largest absolute Gasteiger partial charge is 0.508 e. The zero-order chi connectivity index (χ0) is 30.6. The molecule has 1 aromatic heterocycles. The third-order valence-electron chi connectivity index (χ3n) is 6.28. The fourth-order valence-electron chi connectivity index (χ4n) is 4.09. The Morgan fingerprint density at radius 2 is 1.36 bits per heavy atom. The first-order valence-electron chi connectivity index (χ1n) is 13.0. The van der Waals surface area contributed by atoms with Crippen LogP contribution in [0.5, 0.6) is 5.75 Å². The van der Waals surface area contributed by atoms with Gasteiger partial charge < -0.3 is 42.6 Å². The number of aliphatic carboxylic acids is 1. The van der Waals surface area contributed by atoms with Gasteiger partial charge in [0.1, 0.15) is 23.9 Å². The van der Waals surface area contributed by atoms with Crippen molar-refractivity contribution in [3.05, 3.63) is 83.9 Å². The van der Waals surface area contributed by atoms with Crippen molar-refractivity contribution >= 4 is 29.6 Å². The second-order valence-electron chi connectivity index (χ2n) is 9.64. The Labute approximate surface area is 240 Å². The van der Waals surface area contributed by atoms with Crippen LogP contribution in [0.25, 0.3) is 0 Å². The number of aromatic hydroxyl groups is 1. The van der Waals surface area contributed by atoms with Gasteiger partial charge in [-0.25, -0.2) is 9.78 Å². The van der Waals surface area contributed by atoms with Gasteiger partial charge in [-0.15, -0.1) is 0 Å². The lowest BCUT2D eigenvalue weighted by molar-refractivity contribution is -0.143. The third kappa shape index (κ3) is 9.75. The van der Waals surface area contributed by atoms with E-state index in [9.17, 15) is 34.2 Å². The van der Waals surface area contributed by atoms with Gasteiger partial charge in [-0.1, -0.05) is 42.5 Å². The quantitative estimate of drug-likeness (QED) is 0.109. The first-order chi connectivity index (χ1) is 20.0. The van der Waals surface area contributed by atoms with Gasteiger partial charge in [-0.05, 0) is 29.7 Å². The lowest BCUT2D eigenvalue weighted by Crippen LogP contribution is -2.58. The molecule has 4 amide bonds. The Hall–Kier alpha value is -5.24. The SMILES string of the molecule is NC(=O)CC(NC(=O)C(Cc1cnc[nH]1)NC(=O)C(Cc1ccccc1)NC(=O)C(N)Cc1ccc(O)cc1)C(=O)O. The molecule has 14 nitrogen and oxygen atoms in total. The summed E-state index contributed by atoms with van der Waals surface area (Å²) in [6.07, 6.45) is 2.22. The van der Waals surface area contributed by atoms with E-state index in [4.69, 9.17) is 11.5 Å². The number of hydrogen-bond acceptors (Lipinski definition) is 8. The van der Waals surface area contributed by atoms with Crippen molar-refractivity contribution in [3.63, 3.8) is 0 Å². The van der Waals surface area contributed by atoms with Crippen molar-refractivity contribution in [2.24, 2.45) is 11.5 Å². The highest BCUT2D eigenvalue weighted by Crippen LogP contribution is 2.12. The fraction of sp³-hybridized carbons (Fsp3) is 0.286. The zero-order valence-corrected chi connectivity index (χ0v) is 22.5. The molecule has 14 heteroatoms. The molecule has 0 fully saturated rings. The maximum Gasteiger partial charge on any atom is 0.326 e. The number of imidazole rings is 1. The number of aromatic nitrogens is 2. The molecule has 1 heterocycles. The Morgan fingerprint density at radius 1 is 0.786 bits per heavy atom. The second kappa shape index (κ2) is 14.9. The normalized spacial score (nSPS) is 13.6. The van der Waals surface area contributed by atoms with Crippen LogP contribution < -0.4 is 27.4 Å². The first-order valence-corrected chi connectivity index (χ1v) is 13.0. The number of hydrogen-bond donors (Lipinski definition) is 8. The van der Waals surface area contributed by atoms with Crippen LogP contribution >= 0.6 is 0 Å². The molecule has 0 saturated heterocycles. The number of benzene rings is 2. The van der Waals surface area contributed by atoms with Crippen molar-refractivity contribution < 1.29 is 34.2 Å². The highest BCUT2D eigenvalue weighted by molar-refractivity contribution is 5.95. The predicted molar refractivity (Wildman–Crippen MR) is 149 cm³/mol. The highest BCUT2D eigenvalue weighted by atomic mass is 16.4. The second-order valence-corrected chi connectivity index (χ2v) is 9.64. The number of primary amides is 1. The average molecular weight is 580 g/mol. The van der Waals surface area contributed by atoms with Crippen LogP contribution in [0.4, 0.5) is 0 Å². The Morgan fingerprint density at radius 3 is 1.93 bits per heavy atom. The van der Waals surface area contributed by atoms with Gasteiger partial charge in [0.05, 0.1) is 18.8 Å². The van der Waals surface area contributed by atoms with Gasteiger partial charge in [0.15, 0.2) is 0 Å². The highest BCUT2D eigenvalue weighted by Gasteiger charge is 2.31. The van der Waals surface area contributed by atoms with Crippen molar-refractivity contribution in [2.45, 2.75) is 49.9 Å². The number of carbonyl (C=O) groups is 5. The van der Waals surface area contributed by atoms with Crippen LogP contribution in [-0.2, 0) is 43.2 Å². The number of carboxylic acid groups (broad SMARTS) is 1. The zero-order valence-electron chi connectivity index (χ0n) is 22.5. The summed E-state index contributed by atoms with van der Waals surface area (Å²) in [5.74, 6) is -4.60. The van der Waals surface area contributed by atoms with Crippen molar-refractivity contribution in [2.75, 3.05) is 0 Å². The molecule has 0 spiro atoms. The number of phenols is 1. The topological polar surface area (TPSA) is 243 Å². The van der Waals surface area contributed by atoms with Gasteiger partial charge in [-0.2, -0.15) is 0 Å². The van der Waals surface area contributed by atoms with E-state index in [0.717, 1.165) is 0 Å². The number of nitrogens with zero attached hydrogens (tertiary/aromatic N) is 1. The van der Waals surface area contributed by atoms with Crippen molar-refractivity contribution in [3.8, 4) is 5.75 Å². The summed E-state index contributed by atoms with van der Waals surface area (Å²) in [6, 6.07) is 9.91. The van der Waals surface area contributed by atoms with Crippen LogP contribution in [0.3, 0.4) is 0 Å². The van der Waals surface area contributed by atoms with Gasteiger partial charge in [0.25, 0.3) is 0 Å². The van der Waals surface area contributed by atoms with Gasteiger partial charge in [-0.3, -0.25) is 19.2 Å². The molecule has 0 saturated carbocycles. The number of nitrogens with two attached hydrogens (primary N) is 2. The summed E-state index contributed by atoms with van der Waals surface area (Å²) in [5, 5.41) is 26.4. The van der Waals surface area contributed by atoms with Gasteiger partial charge in [0.2, 0.25) is 23.6 Å². The number of carboxylic acids is 1. The first kappa shape index (κ1) is 31.3. The fourth-order valence-corrected chi connectivity index (χ4v) is 4.09. The summed E-state index contributed by atoms with van der Waals surface area (Å²) >= 11 is 0. The Balaban J connectivity index is 1.80. The van der Waals surface area contributed by atoms with Crippen LogP contribution in [0.2, 0.25) is 0 Å². The van der Waals surface area contributed by atoms with E-state index < -0.39 is 60.2 Å². The molecule has 4 unspecified atom stereocenters. The molecule has 222 valence electrons. The molecule has 10 N–H and O–H groups in total. The molecule has 0 aliphatic carbocycles. The Kier molecular flexibility index (Phi) is 11.1. The number of phenolic OH excluding ortho intramolecular Hbond substituents is 1. The summed E-state index contributed by atoms with van der Waals surface area (Å²) in [5.41, 5.74) is 13.1. The molecule has 42 heavy (non-hydrogen) atoms. The van der Waals surface area contributed by atoms with Crippen molar-refractivity contribution in [1.29, 1.82) is 0 Å². The summed E-state index contributed by atoms with van der Waals surface area (Å²) < 4.78 is 0. The lowest BCUT2D eigenvalue weighted by Gasteiger charge is -2.25. The van der Waals surface area contributed by atoms with Crippen LogP contribution in [0.1, 0.15) is 23.2 Å². The lowest BCUT2D eigenvalue weighted by atomic mass is 10.0. The standard InChI is InChI=1S/C28H33N7O7/c29-20(10-17-6-8-19(36)9-7-17)25(38)33-21(11-16-4-2-1-3-5-16)26(39)34-22(12-18-14-31-15-32-18)27(40)35-23(28(41)42)13-24(30)37/h1-9,14-15,20-23,36H,10-13,29H2,(H2,30,37)(H,31,32)(H,33,38)(H,34,39)(H,35,40)(H,41,42). The van der Waals surface area contributed by atoms with Crippen LogP contribution in [0.15, 0.2) is 67.1 Å². The average Bonchev–Trinajstić information content (AvgIpc) is 3.46. The number of aromatic amines is 1. The van der Waals surface area contributed by atoms with Crippen LogP contribution in [0, 0.1) is 0 Å². The van der Waals surface area contributed by atoms with E-state index >= 15 is 0 Å². The molecule has 0 aliphatic rings. The number of carbonyl (C=O) groups excluding carboxylic acids is 4. The maximum atomic E-state index is 13.6. The van der Waals surface area contributed by atoms with Crippen molar-refractivity contribution in [1.82, 2.24) is 25.9 Å². The van der Waals surface area contributed by atoms with E-state index in [0.29, 0.717) is 16.8 Å². The van der Waals surface area contributed by atoms with Gasteiger partial charge in [0, 0.05) is 24.7 Å². The molecular formula is C28H33N7O7. The predicted octanol–water partition coefficient (Wildman–Crippen LogP) is -1.12. The molecule has 0 aliphatic heterocycles. The maximum absolute atomic E-state index is 13.6. The smallest absolute Gasteiger partial charge is 0.326 e. The van der Waals surface area contributed by atoms with Crippen LogP contribution in [-0.4, -0.2) is 73.9 Å². The number of nitrogens with one attached hydrogen (secondary N) is 4. The van der Waals surface area contributed by atoms with E-state index in [2.05, 4.69) is 25.9 Å². The molecule has 0 radical (unpaired) electrons. The van der Waals surface area contributed by atoms with E-state index in [1.807, 2.05) is 0 Å². The van der Waals surface area contributed by atoms with E-state index in [1.165, 1.54) is 24.7 Å². The molecular weight excluding hydrogens is 546 g/mol. The summed E-state index contributed by atoms with van der Waals surface area (Å²) in [7, 11) is 0. The van der Waals surface area contributed by atoms with E-state index in [-0.39, 0.29) is 25.0 Å². The number of amides is 4. The third-order valence-corrected chi connectivity index (χ3v) is 6.28. The minimum atomic E-state index is -1.62. The summed E-state index contributed by atoms with van der Waals surface area (Å²) in [6.45, 7) is 0. The van der Waals surface area contributed by atoms with Gasteiger partial charge >= 0.3 is 5.97 Å². The minimum Gasteiger partial charge on any atom is -0.508 e. The summed E-state index contributed by atoms with van der Waals surface area (Å²) in [4.78, 5) is 69.3.